The van der Waals surface area contributed by atoms with Gasteiger partial charge in [0.2, 0.25) is 5.91 Å². The number of rotatable bonds is 6. The SMILES string of the molecule is NCC(NC(=O)Cn1nc(-c2ccccc2)ccc1=O)C1CCCCC1. The minimum atomic E-state index is -0.290. The predicted molar refractivity (Wildman–Crippen MR) is 101 cm³/mol. The zero-order valence-electron chi connectivity index (χ0n) is 14.9. The fourth-order valence-corrected chi connectivity index (χ4v) is 3.62. The molecule has 0 saturated heterocycles. The topological polar surface area (TPSA) is 90.0 Å². The van der Waals surface area contributed by atoms with Crippen LogP contribution in [0.3, 0.4) is 0 Å². The smallest absolute Gasteiger partial charge is 0.267 e. The molecule has 1 aliphatic carbocycles. The van der Waals surface area contributed by atoms with E-state index in [9.17, 15) is 9.59 Å². The predicted octanol–water partition coefficient (Wildman–Crippen LogP) is 1.93. The van der Waals surface area contributed by atoms with E-state index in [0.29, 0.717) is 18.2 Å². The number of benzene rings is 1. The Hall–Kier alpha value is -2.47. The van der Waals surface area contributed by atoms with Gasteiger partial charge in [0.1, 0.15) is 6.54 Å². The van der Waals surface area contributed by atoms with E-state index in [-0.39, 0.29) is 24.1 Å². The van der Waals surface area contributed by atoms with Gasteiger partial charge >= 0.3 is 0 Å². The summed E-state index contributed by atoms with van der Waals surface area (Å²) in [5.41, 5.74) is 7.16. The molecule has 26 heavy (non-hydrogen) atoms. The highest BCUT2D eigenvalue weighted by molar-refractivity contribution is 5.76. The summed E-state index contributed by atoms with van der Waals surface area (Å²) in [4.78, 5) is 24.5. The van der Waals surface area contributed by atoms with Gasteiger partial charge in [-0.05, 0) is 24.8 Å². The fourth-order valence-electron chi connectivity index (χ4n) is 3.62. The molecular weight excluding hydrogens is 328 g/mol. The van der Waals surface area contributed by atoms with Crippen LogP contribution in [0.5, 0.6) is 0 Å². The Balaban J connectivity index is 1.69. The van der Waals surface area contributed by atoms with Gasteiger partial charge in [0.15, 0.2) is 0 Å². The molecule has 2 aromatic rings. The minimum Gasteiger partial charge on any atom is -0.350 e. The maximum absolute atomic E-state index is 12.5. The summed E-state index contributed by atoms with van der Waals surface area (Å²) in [6.45, 7) is 0.325. The molecule has 138 valence electrons. The van der Waals surface area contributed by atoms with Crippen molar-refractivity contribution in [2.24, 2.45) is 11.7 Å². The molecule has 1 unspecified atom stereocenters. The molecule has 1 aliphatic rings. The highest BCUT2D eigenvalue weighted by Crippen LogP contribution is 2.26. The highest BCUT2D eigenvalue weighted by Gasteiger charge is 2.24. The number of hydrogen-bond acceptors (Lipinski definition) is 4. The Morgan fingerprint density at radius 3 is 2.58 bits per heavy atom. The largest absolute Gasteiger partial charge is 0.350 e. The van der Waals surface area contributed by atoms with Gasteiger partial charge < -0.3 is 11.1 Å². The molecule has 1 amide bonds. The van der Waals surface area contributed by atoms with Crippen molar-refractivity contribution in [2.45, 2.75) is 44.7 Å². The van der Waals surface area contributed by atoms with E-state index < -0.39 is 0 Å². The molecule has 6 nitrogen and oxygen atoms in total. The van der Waals surface area contributed by atoms with Crippen LogP contribution in [0.4, 0.5) is 0 Å². The lowest BCUT2D eigenvalue weighted by molar-refractivity contribution is -0.123. The molecule has 0 aliphatic heterocycles. The van der Waals surface area contributed by atoms with Gasteiger partial charge in [-0.2, -0.15) is 5.10 Å². The molecule has 1 heterocycles. The molecule has 0 radical (unpaired) electrons. The Morgan fingerprint density at radius 1 is 1.15 bits per heavy atom. The van der Waals surface area contributed by atoms with Crippen molar-refractivity contribution in [3.63, 3.8) is 0 Å². The number of carbonyl (C=O) groups is 1. The van der Waals surface area contributed by atoms with Crippen LogP contribution in [-0.4, -0.2) is 28.3 Å². The molecule has 3 N–H and O–H groups in total. The Kier molecular flexibility index (Phi) is 6.17. The first-order valence-corrected chi connectivity index (χ1v) is 9.30. The third-order valence-electron chi connectivity index (χ3n) is 5.05. The molecule has 1 saturated carbocycles. The Morgan fingerprint density at radius 2 is 1.88 bits per heavy atom. The van der Waals surface area contributed by atoms with E-state index in [2.05, 4.69) is 10.4 Å². The number of carbonyl (C=O) groups excluding carboxylic acids is 1. The number of nitrogens with one attached hydrogen (secondary N) is 1. The van der Waals surface area contributed by atoms with Gasteiger partial charge in [-0.15, -0.1) is 0 Å². The lowest BCUT2D eigenvalue weighted by Gasteiger charge is -2.30. The van der Waals surface area contributed by atoms with E-state index in [4.69, 9.17) is 5.73 Å². The van der Waals surface area contributed by atoms with E-state index in [1.165, 1.54) is 30.0 Å². The molecule has 1 aromatic carbocycles. The average molecular weight is 354 g/mol. The standard InChI is InChI=1S/C20H26N4O2/c21-13-18(16-9-5-2-6-10-16)22-19(25)14-24-20(26)12-11-17(23-24)15-7-3-1-4-8-15/h1,3-4,7-8,11-12,16,18H,2,5-6,9-10,13-14,21H2,(H,22,25). The van der Waals surface area contributed by atoms with Crippen LogP contribution in [0.1, 0.15) is 32.1 Å². The number of amides is 1. The maximum atomic E-state index is 12.5. The van der Waals surface area contributed by atoms with Crippen LogP contribution in [0.25, 0.3) is 11.3 Å². The van der Waals surface area contributed by atoms with Crippen molar-refractivity contribution in [3.8, 4) is 11.3 Å². The van der Waals surface area contributed by atoms with Crippen molar-refractivity contribution < 1.29 is 4.79 Å². The van der Waals surface area contributed by atoms with Gasteiger partial charge in [-0.1, -0.05) is 49.6 Å². The number of nitrogens with two attached hydrogens (primary N) is 1. The summed E-state index contributed by atoms with van der Waals surface area (Å²) >= 11 is 0. The Bertz CT molecular complexity index is 782. The van der Waals surface area contributed by atoms with Crippen LogP contribution in [0.2, 0.25) is 0 Å². The van der Waals surface area contributed by atoms with Crippen LogP contribution >= 0.6 is 0 Å². The summed E-state index contributed by atoms with van der Waals surface area (Å²) in [7, 11) is 0. The van der Waals surface area contributed by atoms with E-state index >= 15 is 0 Å². The lowest BCUT2D eigenvalue weighted by Crippen LogP contribution is -2.47. The zero-order valence-corrected chi connectivity index (χ0v) is 14.9. The van der Waals surface area contributed by atoms with E-state index in [1.54, 1.807) is 6.07 Å². The maximum Gasteiger partial charge on any atom is 0.267 e. The van der Waals surface area contributed by atoms with Crippen LogP contribution < -0.4 is 16.6 Å². The summed E-state index contributed by atoms with van der Waals surface area (Å²) in [5.74, 6) is 0.212. The van der Waals surface area contributed by atoms with Crippen molar-refractivity contribution in [2.75, 3.05) is 6.54 Å². The molecule has 1 aromatic heterocycles. The molecule has 6 heteroatoms. The molecule has 1 atom stereocenters. The van der Waals surface area contributed by atoms with Gasteiger partial charge in [0, 0.05) is 24.2 Å². The molecule has 0 spiro atoms. The normalized spacial score (nSPS) is 16.2. The fraction of sp³-hybridized carbons (Fsp3) is 0.450. The van der Waals surface area contributed by atoms with Crippen molar-refractivity contribution in [3.05, 3.63) is 52.8 Å². The average Bonchev–Trinajstić information content (AvgIpc) is 2.69. The second-order valence-corrected chi connectivity index (χ2v) is 6.89. The van der Waals surface area contributed by atoms with Crippen molar-refractivity contribution in [1.82, 2.24) is 15.1 Å². The van der Waals surface area contributed by atoms with Gasteiger partial charge in [-0.25, -0.2) is 4.68 Å². The van der Waals surface area contributed by atoms with Crippen LogP contribution in [0.15, 0.2) is 47.3 Å². The molecule has 3 rings (SSSR count). The number of hydrogen-bond donors (Lipinski definition) is 2. The highest BCUT2D eigenvalue weighted by atomic mass is 16.2. The molecular formula is C20H26N4O2. The first-order valence-electron chi connectivity index (χ1n) is 9.30. The summed E-state index contributed by atoms with van der Waals surface area (Å²) < 4.78 is 1.21. The summed E-state index contributed by atoms with van der Waals surface area (Å²) in [5, 5.41) is 7.35. The van der Waals surface area contributed by atoms with Crippen LogP contribution in [0, 0.1) is 5.92 Å². The Labute approximate surface area is 153 Å². The zero-order chi connectivity index (χ0) is 18.4. The lowest BCUT2D eigenvalue weighted by atomic mass is 9.84. The molecule has 0 bridgehead atoms. The first-order chi connectivity index (χ1) is 12.7. The third kappa shape index (κ3) is 4.58. The van der Waals surface area contributed by atoms with Crippen molar-refractivity contribution in [1.29, 1.82) is 0 Å². The van der Waals surface area contributed by atoms with E-state index in [0.717, 1.165) is 18.4 Å². The number of nitrogens with zero attached hydrogens (tertiary/aromatic N) is 2. The van der Waals surface area contributed by atoms with Crippen molar-refractivity contribution >= 4 is 5.91 Å². The quantitative estimate of drug-likeness (QED) is 0.829. The third-order valence-corrected chi connectivity index (χ3v) is 5.05. The molecule has 1 fully saturated rings. The van der Waals surface area contributed by atoms with Gasteiger partial charge in [0.05, 0.1) is 5.69 Å². The van der Waals surface area contributed by atoms with Gasteiger partial charge in [0.25, 0.3) is 5.56 Å². The number of aromatic nitrogens is 2. The second-order valence-electron chi connectivity index (χ2n) is 6.89. The minimum absolute atomic E-state index is 0.0317. The van der Waals surface area contributed by atoms with Crippen LogP contribution in [-0.2, 0) is 11.3 Å². The second kappa shape index (κ2) is 8.76. The summed E-state index contributed by atoms with van der Waals surface area (Å²) in [6, 6.07) is 12.7. The first kappa shape index (κ1) is 18.3. The van der Waals surface area contributed by atoms with Gasteiger partial charge in [-0.3, -0.25) is 9.59 Å². The van der Waals surface area contributed by atoms with E-state index in [1.807, 2.05) is 30.3 Å². The monoisotopic (exact) mass is 354 g/mol. The summed E-state index contributed by atoms with van der Waals surface area (Å²) in [6.07, 6.45) is 5.84.